The average molecular weight is 1450 g/mol. The Morgan fingerprint density at radius 2 is 0.532 bits per heavy atom. The minimum atomic E-state index is -3.45. The SMILES string of the molecule is CC(C)(C)c1ccc(N2c3ccc(-c4ccccc4)cc3B3c4ccc(-c5cc([Si](c6ccccc6)(c6ccccc6)c6cccc(-c7ccccc7)c6)cc([Si](c6ccccc6)(c6ccccc6)c6cccc(-c7ccccc7)c6)c5)cc4N(c4ccccc4-c4ccccc4)c4cccc2c43)c(-c2ccccc2)c1. The Morgan fingerprint density at radius 3 is 1.00 bits per heavy atom. The molecule has 2 heterocycles. The van der Waals surface area contributed by atoms with Crippen LogP contribution in [0.5, 0.6) is 0 Å². The molecule has 0 spiro atoms. The second-order valence-electron chi connectivity index (χ2n) is 30.6. The van der Waals surface area contributed by atoms with Gasteiger partial charge < -0.3 is 9.80 Å². The van der Waals surface area contributed by atoms with E-state index in [1.807, 2.05) is 0 Å². The molecule has 19 rings (SSSR count). The molecule has 2 aliphatic heterocycles. The standard InChI is InChI=1S/C106H81BN2Si2/c1-106(2,3)86-64-67-100(96(74-86)80-44-21-8-22-45-80)108-101-66-63-83(78-40-17-6-18-41-78)72-98(101)107-97-65-62-84(73-104(97)109(103-61-35-60-102(108)105(103)107)99-59-32-31-58-95(99)79-42-19-7-20-43-79)85-70-93(110(87-48-23-9-24-49-87,88-50-25-10-26-51-88)91-56-33-46-81(68-91)76-36-13-4-14-37-76)75-94(71-85)111(89-52-27-11-28-53-89,90-54-29-12-30-55-90)92-57-34-47-82(69-92)77-38-15-5-16-39-77/h4-75H,1-3H3. The van der Waals surface area contributed by atoms with E-state index in [0.717, 1.165) is 56.4 Å². The number of para-hydroxylation sites is 1. The van der Waals surface area contributed by atoms with Gasteiger partial charge in [-0.3, -0.25) is 0 Å². The van der Waals surface area contributed by atoms with Gasteiger partial charge in [0.2, 0.25) is 0 Å². The largest absolute Gasteiger partial charge is 0.311 e. The van der Waals surface area contributed by atoms with E-state index >= 15 is 0 Å². The fourth-order valence-electron chi connectivity index (χ4n) is 18.1. The Bertz CT molecular complexity index is 5970. The van der Waals surface area contributed by atoms with E-state index in [1.165, 1.54) is 108 Å². The Balaban J connectivity index is 0.939. The molecule has 0 amide bonds. The van der Waals surface area contributed by atoms with Crippen molar-refractivity contribution in [2.75, 3.05) is 9.80 Å². The first-order valence-corrected chi connectivity index (χ1v) is 42.8. The molecule has 0 saturated carbocycles. The van der Waals surface area contributed by atoms with Gasteiger partial charge >= 0.3 is 0 Å². The molecule has 0 saturated heterocycles. The maximum atomic E-state index is 2.71. The number of fused-ring (bicyclic) bond motifs is 4. The molecule has 5 heteroatoms. The van der Waals surface area contributed by atoms with Crippen LogP contribution in [0.15, 0.2) is 437 Å². The smallest absolute Gasteiger partial charge is 0.252 e. The molecule has 0 fully saturated rings. The predicted octanol–water partition coefficient (Wildman–Crippen LogP) is 19.8. The molecule has 17 aromatic carbocycles. The molecule has 0 radical (unpaired) electrons. The molecule has 17 aromatic rings. The molecule has 2 nitrogen and oxygen atoms in total. The quantitative estimate of drug-likeness (QED) is 0.0703. The second-order valence-corrected chi connectivity index (χ2v) is 38.2. The molecule has 0 atom stereocenters. The Kier molecular flexibility index (Phi) is 17.7. The second kappa shape index (κ2) is 28.8. The van der Waals surface area contributed by atoms with Crippen molar-refractivity contribution < 1.29 is 0 Å². The fraction of sp³-hybridized carbons (Fsp3) is 0.0377. The highest BCUT2D eigenvalue weighted by atomic mass is 28.3. The molecular weight excluding hydrogens is 1370 g/mol. The van der Waals surface area contributed by atoms with Crippen molar-refractivity contribution in [3.8, 4) is 66.8 Å². The van der Waals surface area contributed by atoms with Gasteiger partial charge in [0, 0.05) is 33.9 Å². The van der Waals surface area contributed by atoms with Crippen molar-refractivity contribution in [2.24, 2.45) is 0 Å². The molecule has 2 aliphatic rings. The van der Waals surface area contributed by atoms with Gasteiger partial charge in [0.25, 0.3) is 6.71 Å². The summed E-state index contributed by atoms with van der Waals surface area (Å²) in [5, 5.41) is 10.5. The van der Waals surface area contributed by atoms with E-state index in [9.17, 15) is 0 Å². The Labute approximate surface area is 655 Å². The lowest BCUT2D eigenvalue weighted by Crippen LogP contribution is -2.78. The first-order chi connectivity index (χ1) is 54.7. The molecule has 111 heavy (non-hydrogen) atoms. The van der Waals surface area contributed by atoms with E-state index in [2.05, 4.69) is 467 Å². The van der Waals surface area contributed by atoms with Crippen LogP contribution in [0.1, 0.15) is 26.3 Å². The molecule has 526 valence electrons. The summed E-state index contributed by atoms with van der Waals surface area (Å²) in [5.74, 6) is 0. The number of nitrogens with zero attached hydrogens (tertiary/aromatic N) is 2. The summed E-state index contributed by atoms with van der Waals surface area (Å²) in [5.41, 5.74) is 25.9. The summed E-state index contributed by atoms with van der Waals surface area (Å²) in [6.07, 6.45) is 0. The minimum absolute atomic E-state index is 0.0891. The van der Waals surface area contributed by atoms with Crippen LogP contribution in [-0.2, 0) is 5.41 Å². The fourth-order valence-corrected chi connectivity index (χ4v) is 28.0. The minimum Gasteiger partial charge on any atom is -0.311 e. The van der Waals surface area contributed by atoms with Crippen molar-refractivity contribution in [1.82, 2.24) is 0 Å². The van der Waals surface area contributed by atoms with Gasteiger partial charge in [-0.1, -0.05) is 415 Å². The van der Waals surface area contributed by atoms with E-state index in [1.54, 1.807) is 0 Å². The van der Waals surface area contributed by atoms with Crippen molar-refractivity contribution in [1.29, 1.82) is 0 Å². The van der Waals surface area contributed by atoms with Crippen molar-refractivity contribution in [3.63, 3.8) is 0 Å². The van der Waals surface area contributed by atoms with Crippen LogP contribution in [0.4, 0.5) is 34.1 Å². The third-order valence-corrected chi connectivity index (χ3v) is 32.7. The molecule has 0 unspecified atom stereocenters. The van der Waals surface area contributed by atoms with Crippen LogP contribution in [0, 0.1) is 0 Å². The Hall–Kier alpha value is -13.2. The zero-order chi connectivity index (χ0) is 74.5. The van der Waals surface area contributed by atoms with Gasteiger partial charge in [0.05, 0.1) is 11.4 Å². The summed E-state index contributed by atoms with van der Waals surface area (Å²) in [7, 11) is -6.89. The first-order valence-electron chi connectivity index (χ1n) is 38.8. The number of rotatable bonds is 16. The highest BCUT2D eigenvalue weighted by molar-refractivity contribution is 7.22. The van der Waals surface area contributed by atoms with E-state index in [0.29, 0.717) is 0 Å². The van der Waals surface area contributed by atoms with Crippen LogP contribution in [0.25, 0.3) is 66.8 Å². The molecule has 0 aromatic heterocycles. The van der Waals surface area contributed by atoms with Gasteiger partial charge in [-0.05, 0) is 167 Å². The normalized spacial score (nSPS) is 12.4. The zero-order valence-electron chi connectivity index (χ0n) is 62.5. The van der Waals surface area contributed by atoms with E-state index < -0.39 is 16.1 Å². The van der Waals surface area contributed by atoms with Gasteiger partial charge in [-0.2, -0.15) is 0 Å². The molecular formula is C106H81BN2Si2. The lowest BCUT2D eigenvalue weighted by molar-refractivity contribution is 0.590. The van der Waals surface area contributed by atoms with Crippen LogP contribution in [-0.4, -0.2) is 22.9 Å². The Morgan fingerprint density at radius 1 is 0.198 bits per heavy atom. The maximum Gasteiger partial charge on any atom is 0.252 e. The highest BCUT2D eigenvalue weighted by Gasteiger charge is 2.48. The summed E-state index contributed by atoms with van der Waals surface area (Å²) in [4.78, 5) is 5.23. The monoisotopic (exact) mass is 1450 g/mol. The van der Waals surface area contributed by atoms with Gasteiger partial charge in [0.1, 0.15) is 0 Å². The van der Waals surface area contributed by atoms with Crippen LogP contribution in [0.3, 0.4) is 0 Å². The van der Waals surface area contributed by atoms with E-state index in [-0.39, 0.29) is 12.1 Å². The topological polar surface area (TPSA) is 6.48 Å². The van der Waals surface area contributed by atoms with Gasteiger partial charge in [-0.15, -0.1) is 0 Å². The maximum absolute atomic E-state index is 3.45. The van der Waals surface area contributed by atoms with Crippen molar-refractivity contribution >= 4 is 115 Å². The highest BCUT2D eigenvalue weighted by Crippen LogP contribution is 2.50. The van der Waals surface area contributed by atoms with Gasteiger partial charge in [0.15, 0.2) is 16.1 Å². The number of hydrogen-bond acceptors (Lipinski definition) is 2. The average Bonchev–Trinajstić information content (AvgIpc) is 0.708. The summed E-state index contributed by atoms with van der Waals surface area (Å²) >= 11 is 0. The third-order valence-electron chi connectivity index (χ3n) is 23.3. The lowest BCUT2D eigenvalue weighted by Gasteiger charge is -2.45. The summed E-state index contributed by atoms with van der Waals surface area (Å²) < 4.78 is 0. The zero-order valence-corrected chi connectivity index (χ0v) is 64.5. The number of benzene rings is 17. The molecule has 0 bridgehead atoms. The third kappa shape index (κ3) is 12.1. The van der Waals surface area contributed by atoms with Crippen molar-refractivity contribution in [3.05, 3.63) is 442 Å². The number of anilines is 6. The van der Waals surface area contributed by atoms with Crippen LogP contribution < -0.4 is 67.7 Å². The molecule has 0 aliphatic carbocycles. The first kappa shape index (κ1) is 68.4. The predicted molar refractivity (Wildman–Crippen MR) is 479 cm³/mol. The van der Waals surface area contributed by atoms with Crippen molar-refractivity contribution in [2.45, 2.75) is 26.2 Å². The summed E-state index contributed by atoms with van der Waals surface area (Å²) in [6, 6.07) is 167. The summed E-state index contributed by atoms with van der Waals surface area (Å²) in [6.45, 7) is 6.78. The van der Waals surface area contributed by atoms with Gasteiger partial charge in [-0.25, -0.2) is 0 Å². The van der Waals surface area contributed by atoms with Crippen LogP contribution in [0.2, 0.25) is 0 Å². The van der Waals surface area contributed by atoms with E-state index in [4.69, 9.17) is 0 Å². The van der Waals surface area contributed by atoms with Crippen LogP contribution >= 0.6 is 0 Å². The molecule has 0 N–H and O–H groups in total. The lowest BCUT2D eigenvalue weighted by atomic mass is 9.33. The number of hydrogen-bond donors (Lipinski definition) is 0.